The molecule has 1 aromatic rings. The van der Waals surface area contributed by atoms with E-state index in [1.165, 1.54) is 6.92 Å². The molecule has 0 aliphatic carbocycles. The summed E-state index contributed by atoms with van der Waals surface area (Å²) in [6.45, 7) is 6.80. The second kappa shape index (κ2) is 11.0. The van der Waals surface area contributed by atoms with Crippen molar-refractivity contribution in [3.8, 4) is 5.75 Å². The van der Waals surface area contributed by atoms with Crippen molar-refractivity contribution in [3.05, 3.63) is 18.2 Å². The van der Waals surface area contributed by atoms with Gasteiger partial charge in [0.25, 0.3) is 0 Å². The Bertz CT molecular complexity index is 612. The Balaban J connectivity index is 3.13. The van der Waals surface area contributed by atoms with Gasteiger partial charge in [-0.3, -0.25) is 14.4 Å². The molecule has 0 saturated carbocycles. The highest BCUT2D eigenvalue weighted by Gasteiger charge is 2.17. The van der Waals surface area contributed by atoms with Crippen molar-refractivity contribution in [2.45, 2.75) is 40.5 Å². The van der Waals surface area contributed by atoms with Crippen molar-refractivity contribution in [3.63, 3.8) is 0 Å². The molecule has 0 heterocycles. The second-order valence-electron chi connectivity index (χ2n) is 5.33. The zero-order valence-corrected chi connectivity index (χ0v) is 15.7. The van der Waals surface area contributed by atoms with Gasteiger partial charge in [-0.15, -0.1) is 0 Å². The van der Waals surface area contributed by atoms with E-state index in [0.29, 0.717) is 23.7 Å². The maximum Gasteiger partial charge on any atom is 0.307 e. The van der Waals surface area contributed by atoms with Crippen molar-refractivity contribution in [2.75, 3.05) is 30.3 Å². The summed E-state index contributed by atoms with van der Waals surface area (Å²) in [4.78, 5) is 35.9. The van der Waals surface area contributed by atoms with E-state index < -0.39 is 0 Å². The zero-order chi connectivity index (χ0) is 19.5. The number of rotatable bonds is 10. The van der Waals surface area contributed by atoms with E-state index in [1.807, 2.05) is 6.92 Å². The molecule has 26 heavy (non-hydrogen) atoms. The van der Waals surface area contributed by atoms with Crippen LogP contribution in [0.2, 0.25) is 0 Å². The van der Waals surface area contributed by atoms with Crippen LogP contribution in [-0.2, 0) is 23.9 Å². The molecule has 1 rings (SSSR count). The Kier molecular flexibility index (Phi) is 8.97. The monoisotopic (exact) mass is 366 g/mol. The predicted molar refractivity (Wildman–Crippen MR) is 96.9 cm³/mol. The van der Waals surface area contributed by atoms with E-state index in [9.17, 15) is 14.4 Å². The Labute approximate surface area is 153 Å². The number of anilines is 2. The molecule has 0 radical (unpaired) electrons. The van der Waals surface area contributed by atoms with Gasteiger partial charge >= 0.3 is 11.9 Å². The number of hydrogen-bond acceptors (Lipinski definition) is 7. The standard InChI is InChI=1S/C18H26N2O6/c1-5-17(22)25-11-20(12-26-18(23)6-2)15-10-14(19-13(4)21)8-9-16(15)24-7-3/h8-10H,5-7,11-12H2,1-4H3,(H,19,21). The lowest BCUT2D eigenvalue weighted by atomic mass is 10.2. The number of benzene rings is 1. The summed E-state index contributed by atoms with van der Waals surface area (Å²) < 4.78 is 16.0. The Morgan fingerprint density at radius 1 is 1.00 bits per heavy atom. The number of amides is 1. The maximum absolute atomic E-state index is 11.5. The van der Waals surface area contributed by atoms with Gasteiger partial charge in [0.15, 0.2) is 13.5 Å². The Morgan fingerprint density at radius 2 is 1.58 bits per heavy atom. The van der Waals surface area contributed by atoms with Gasteiger partial charge in [0.2, 0.25) is 5.91 Å². The average Bonchev–Trinajstić information content (AvgIpc) is 2.62. The smallest absolute Gasteiger partial charge is 0.307 e. The predicted octanol–water partition coefficient (Wildman–Crippen LogP) is 2.67. The molecule has 1 amide bonds. The zero-order valence-electron chi connectivity index (χ0n) is 15.7. The van der Waals surface area contributed by atoms with Crippen LogP contribution in [0.3, 0.4) is 0 Å². The summed E-state index contributed by atoms with van der Waals surface area (Å²) in [5.41, 5.74) is 1.08. The van der Waals surface area contributed by atoms with Crippen LogP contribution in [0.4, 0.5) is 11.4 Å². The van der Waals surface area contributed by atoms with Gasteiger partial charge in [-0.2, -0.15) is 0 Å². The molecule has 0 bridgehead atoms. The van der Waals surface area contributed by atoms with Gasteiger partial charge in [0.05, 0.1) is 12.3 Å². The van der Waals surface area contributed by atoms with E-state index in [-0.39, 0.29) is 44.1 Å². The molecule has 1 N–H and O–H groups in total. The van der Waals surface area contributed by atoms with Crippen LogP contribution in [0.5, 0.6) is 5.75 Å². The first-order chi connectivity index (χ1) is 12.4. The highest BCUT2D eigenvalue weighted by atomic mass is 16.6. The minimum atomic E-state index is -0.382. The van der Waals surface area contributed by atoms with Crippen LogP contribution >= 0.6 is 0 Å². The summed E-state index contributed by atoms with van der Waals surface area (Å²) in [6.07, 6.45) is 0.458. The minimum Gasteiger partial charge on any atom is -0.492 e. The Hall–Kier alpha value is -2.77. The molecule has 0 aliphatic heterocycles. The van der Waals surface area contributed by atoms with Gasteiger partial charge in [0, 0.05) is 25.5 Å². The molecule has 144 valence electrons. The molecule has 0 saturated heterocycles. The molecular formula is C18H26N2O6. The van der Waals surface area contributed by atoms with Crippen LogP contribution in [0.15, 0.2) is 18.2 Å². The molecule has 0 unspecified atom stereocenters. The van der Waals surface area contributed by atoms with Crippen molar-refractivity contribution in [2.24, 2.45) is 0 Å². The first-order valence-corrected chi connectivity index (χ1v) is 8.51. The molecule has 1 aromatic carbocycles. The number of nitrogens with zero attached hydrogens (tertiary/aromatic N) is 1. The second-order valence-corrected chi connectivity index (χ2v) is 5.33. The van der Waals surface area contributed by atoms with Gasteiger partial charge in [-0.05, 0) is 25.1 Å². The van der Waals surface area contributed by atoms with Crippen molar-refractivity contribution >= 4 is 29.2 Å². The van der Waals surface area contributed by atoms with Gasteiger partial charge < -0.3 is 24.4 Å². The lowest BCUT2D eigenvalue weighted by Gasteiger charge is -2.26. The first kappa shape index (κ1) is 21.3. The minimum absolute atomic E-state index is 0.118. The molecule has 0 spiro atoms. The van der Waals surface area contributed by atoms with Crippen molar-refractivity contribution in [1.29, 1.82) is 0 Å². The third kappa shape index (κ3) is 7.00. The number of carbonyl (C=O) groups excluding carboxylic acids is 3. The van der Waals surface area contributed by atoms with Gasteiger partial charge in [0.1, 0.15) is 5.75 Å². The summed E-state index contributed by atoms with van der Waals surface area (Å²) in [5.74, 6) is -0.469. The lowest BCUT2D eigenvalue weighted by molar-refractivity contribution is -0.145. The largest absolute Gasteiger partial charge is 0.492 e. The highest BCUT2D eigenvalue weighted by Crippen LogP contribution is 2.32. The number of carbonyl (C=O) groups is 3. The SMILES string of the molecule is CCOc1ccc(NC(C)=O)cc1N(COC(=O)CC)COC(=O)CC. The van der Waals surface area contributed by atoms with Crippen LogP contribution < -0.4 is 15.0 Å². The number of nitrogens with one attached hydrogen (secondary N) is 1. The van der Waals surface area contributed by atoms with Gasteiger partial charge in [-0.1, -0.05) is 13.8 Å². The topological polar surface area (TPSA) is 94.2 Å². The molecule has 0 atom stereocenters. The molecule has 0 aromatic heterocycles. The normalized spacial score (nSPS) is 10.0. The fourth-order valence-electron chi connectivity index (χ4n) is 2.00. The molecule has 0 fully saturated rings. The summed E-state index contributed by atoms with van der Waals surface area (Å²) in [5, 5.41) is 2.68. The Morgan fingerprint density at radius 3 is 2.04 bits per heavy atom. The van der Waals surface area contributed by atoms with Crippen LogP contribution in [0, 0.1) is 0 Å². The third-order valence-electron chi connectivity index (χ3n) is 3.26. The fraction of sp³-hybridized carbons (Fsp3) is 0.500. The average molecular weight is 366 g/mol. The van der Waals surface area contributed by atoms with Crippen LogP contribution in [-0.4, -0.2) is 37.9 Å². The number of ether oxygens (including phenoxy) is 3. The molecule has 0 aliphatic rings. The molecule has 8 heteroatoms. The van der Waals surface area contributed by atoms with E-state index in [1.54, 1.807) is 36.9 Å². The van der Waals surface area contributed by atoms with E-state index in [4.69, 9.17) is 14.2 Å². The summed E-state index contributed by atoms with van der Waals surface area (Å²) >= 11 is 0. The lowest BCUT2D eigenvalue weighted by Crippen LogP contribution is -2.32. The van der Waals surface area contributed by atoms with Crippen molar-refractivity contribution in [1.82, 2.24) is 0 Å². The highest BCUT2D eigenvalue weighted by molar-refractivity contribution is 5.89. The number of esters is 2. The van der Waals surface area contributed by atoms with E-state index in [0.717, 1.165) is 0 Å². The van der Waals surface area contributed by atoms with E-state index in [2.05, 4.69) is 5.32 Å². The molecule has 8 nitrogen and oxygen atoms in total. The maximum atomic E-state index is 11.5. The third-order valence-corrected chi connectivity index (χ3v) is 3.26. The summed E-state index contributed by atoms with van der Waals surface area (Å²) in [6, 6.07) is 5.07. The van der Waals surface area contributed by atoms with E-state index >= 15 is 0 Å². The van der Waals surface area contributed by atoms with Crippen LogP contribution in [0.25, 0.3) is 0 Å². The fourth-order valence-corrected chi connectivity index (χ4v) is 2.00. The molecular weight excluding hydrogens is 340 g/mol. The quantitative estimate of drug-likeness (QED) is 0.502. The first-order valence-electron chi connectivity index (χ1n) is 8.51. The van der Waals surface area contributed by atoms with Crippen molar-refractivity contribution < 1.29 is 28.6 Å². The van der Waals surface area contributed by atoms with Crippen LogP contribution in [0.1, 0.15) is 40.5 Å². The van der Waals surface area contributed by atoms with Gasteiger partial charge in [-0.25, -0.2) is 0 Å². The number of hydrogen-bond donors (Lipinski definition) is 1. The summed E-state index contributed by atoms with van der Waals surface area (Å²) in [7, 11) is 0.